The second-order valence-electron chi connectivity index (χ2n) is 6.84. The predicted octanol–water partition coefficient (Wildman–Crippen LogP) is 3.60. The van der Waals surface area contributed by atoms with Crippen LogP contribution < -0.4 is 15.0 Å². The quantitative estimate of drug-likeness (QED) is 0.740. The van der Waals surface area contributed by atoms with Crippen LogP contribution in [0.2, 0.25) is 0 Å². The Kier molecular flexibility index (Phi) is 6.56. The van der Waals surface area contributed by atoms with E-state index in [2.05, 4.69) is 20.2 Å². The number of halogens is 3. The topological polar surface area (TPSA) is 67.3 Å². The Morgan fingerprint density at radius 2 is 1.93 bits per heavy atom. The molecular formula is C20H23F3N4O2. The second-order valence-corrected chi connectivity index (χ2v) is 6.84. The third kappa shape index (κ3) is 5.82. The van der Waals surface area contributed by atoms with Crippen molar-refractivity contribution in [2.45, 2.75) is 32.4 Å². The average Bonchev–Trinajstić information content (AvgIpc) is 2.71. The number of nitrogens with one attached hydrogen (secondary N) is 1. The lowest BCUT2D eigenvalue weighted by Crippen LogP contribution is -2.30. The zero-order chi connectivity index (χ0) is 20.9. The molecule has 0 atom stereocenters. The number of amides is 1. The first-order chi connectivity index (χ1) is 13.8. The van der Waals surface area contributed by atoms with Gasteiger partial charge in [-0.25, -0.2) is 4.98 Å². The Morgan fingerprint density at radius 1 is 1.17 bits per heavy atom. The minimum Gasteiger partial charge on any atom is -0.476 e. The van der Waals surface area contributed by atoms with Gasteiger partial charge in [-0.15, -0.1) is 0 Å². The molecule has 0 bridgehead atoms. The van der Waals surface area contributed by atoms with Gasteiger partial charge in [-0.05, 0) is 44.4 Å². The van der Waals surface area contributed by atoms with Gasteiger partial charge in [-0.2, -0.15) is 18.2 Å². The number of carbonyl (C=O) groups is 1. The minimum absolute atomic E-state index is 0.0508. The minimum atomic E-state index is -4.49. The Bertz CT molecular complexity index is 852. The van der Waals surface area contributed by atoms with Gasteiger partial charge in [0.25, 0.3) is 5.91 Å². The average molecular weight is 408 g/mol. The van der Waals surface area contributed by atoms with Gasteiger partial charge >= 0.3 is 6.18 Å². The summed E-state index contributed by atoms with van der Waals surface area (Å²) in [4.78, 5) is 23.0. The van der Waals surface area contributed by atoms with Crippen LogP contribution in [0.25, 0.3) is 0 Å². The number of anilines is 1. The van der Waals surface area contributed by atoms with Crippen molar-refractivity contribution in [2.24, 2.45) is 0 Å². The first kappa shape index (κ1) is 20.9. The van der Waals surface area contributed by atoms with Gasteiger partial charge < -0.3 is 15.0 Å². The highest BCUT2D eigenvalue weighted by atomic mass is 19.4. The Balaban J connectivity index is 1.53. The van der Waals surface area contributed by atoms with E-state index in [-0.39, 0.29) is 18.7 Å². The Morgan fingerprint density at radius 3 is 2.66 bits per heavy atom. The molecular weight excluding hydrogens is 385 g/mol. The van der Waals surface area contributed by atoms with Crippen molar-refractivity contribution < 1.29 is 22.7 Å². The highest BCUT2D eigenvalue weighted by Crippen LogP contribution is 2.29. The molecule has 156 valence electrons. The molecule has 6 nitrogen and oxygen atoms in total. The molecule has 0 saturated carbocycles. The van der Waals surface area contributed by atoms with Crippen LogP contribution in [0.15, 0.2) is 30.3 Å². The van der Waals surface area contributed by atoms with Crippen LogP contribution in [-0.4, -0.2) is 42.1 Å². The van der Waals surface area contributed by atoms with Crippen molar-refractivity contribution in [3.05, 3.63) is 47.3 Å². The zero-order valence-corrected chi connectivity index (χ0v) is 16.1. The smallest absolute Gasteiger partial charge is 0.416 e. The lowest BCUT2D eigenvalue weighted by Gasteiger charge is -2.28. The fraction of sp³-hybridized carbons (Fsp3) is 0.450. The number of rotatable bonds is 6. The van der Waals surface area contributed by atoms with Gasteiger partial charge in [0.1, 0.15) is 18.2 Å². The van der Waals surface area contributed by atoms with Gasteiger partial charge in [-0.3, -0.25) is 4.79 Å². The summed E-state index contributed by atoms with van der Waals surface area (Å²) >= 11 is 0. The van der Waals surface area contributed by atoms with Crippen molar-refractivity contribution in [2.75, 3.05) is 31.1 Å². The van der Waals surface area contributed by atoms with Crippen molar-refractivity contribution >= 4 is 11.7 Å². The molecule has 1 amide bonds. The number of hydrogen-bond donors (Lipinski definition) is 1. The molecule has 1 N–H and O–H groups in total. The van der Waals surface area contributed by atoms with Crippen molar-refractivity contribution in [3.8, 4) is 5.88 Å². The van der Waals surface area contributed by atoms with Crippen LogP contribution in [0.5, 0.6) is 5.88 Å². The van der Waals surface area contributed by atoms with Crippen LogP contribution in [-0.2, 0) is 6.18 Å². The molecule has 0 unspecified atom stereocenters. The first-order valence-electron chi connectivity index (χ1n) is 9.52. The molecule has 1 fully saturated rings. The highest BCUT2D eigenvalue weighted by molar-refractivity contribution is 5.94. The lowest BCUT2D eigenvalue weighted by atomic mass is 10.1. The fourth-order valence-corrected chi connectivity index (χ4v) is 3.14. The number of alkyl halides is 3. The molecule has 3 rings (SSSR count). The number of piperidine rings is 1. The maximum absolute atomic E-state index is 12.8. The maximum Gasteiger partial charge on any atom is 0.416 e. The van der Waals surface area contributed by atoms with E-state index < -0.39 is 17.6 Å². The third-order valence-electron chi connectivity index (χ3n) is 4.57. The summed E-state index contributed by atoms with van der Waals surface area (Å²) in [6.45, 7) is 3.96. The Labute approximate surface area is 167 Å². The number of benzene rings is 1. The standard InChI is InChI=1S/C20H23F3N4O2/c1-14-25-17(27-9-3-2-4-10-27)13-18(26-14)29-11-8-24-19(28)15-6-5-7-16(12-15)20(21,22)23/h5-7,12-13H,2-4,8-11H2,1H3,(H,24,28). The molecule has 1 aliphatic heterocycles. The molecule has 1 aromatic heterocycles. The Hall–Kier alpha value is -2.84. The SMILES string of the molecule is Cc1nc(OCCNC(=O)c2cccc(C(F)(F)F)c2)cc(N2CCCCC2)n1. The van der Waals surface area contributed by atoms with Gasteiger partial charge in [0.2, 0.25) is 5.88 Å². The van der Waals surface area contributed by atoms with Crippen LogP contribution in [0, 0.1) is 6.92 Å². The van der Waals surface area contributed by atoms with Crippen LogP contribution >= 0.6 is 0 Å². The summed E-state index contributed by atoms with van der Waals surface area (Å²) in [6, 6.07) is 6.07. The fourth-order valence-electron chi connectivity index (χ4n) is 3.14. The molecule has 0 spiro atoms. The van der Waals surface area contributed by atoms with Crippen LogP contribution in [0.3, 0.4) is 0 Å². The van der Waals surface area contributed by atoms with E-state index in [0.717, 1.165) is 43.9 Å². The van der Waals surface area contributed by atoms with E-state index >= 15 is 0 Å². The van der Waals surface area contributed by atoms with Crippen molar-refractivity contribution in [3.63, 3.8) is 0 Å². The van der Waals surface area contributed by atoms with E-state index in [9.17, 15) is 18.0 Å². The van der Waals surface area contributed by atoms with Crippen molar-refractivity contribution in [1.29, 1.82) is 0 Å². The number of hydrogen-bond acceptors (Lipinski definition) is 5. The number of nitrogens with zero attached hydrogens (tertiary/aromatic N) is 3. The molecule has 0 radical (unpaired) electrons. The predicted molar refractivity (Wildman–Crippen MR) is 102 cm³/mol. The largest absolute Gasteiger partial charge is 0.476 e. The molecule has 2 aromatic rings. The summed E-state index contributed by atoms with van der Waals surface area (Å²) < 4.78 is 43.9. The number of aryl methyl sites for hydroxylation is 1. The van der Waals surface area contributed by atoms with Crippen LogP contribution in [0.4, 0.5) is 19.0 Å². The summed E-state index contributed by atoms with van der Waals surface area (Å²) in [5.41, 5.74) is -0.909. The summed E-state index contributed by atoms with van der Waals surface area (Å²) in [5, 5.41) is 2.56. The monoisotopic (exact) mass is 408 g/mol. The molecule has 29 heavy (non-hydrogen) atoms. The van der Waals surface area contributed by atoms with E-state index in [4.69, 9.17) is 4.74 Å². The molecule has 0 aliphatic carbocycles. The summed E-state index contributed by atoms with van der Waals surface area (Å²) in [6.07, 6.45) is -1.02. The van der Waals surface area contributed by atoms with E-state index in [0.29, 0.717) is 11.7 Å². The molecule has 2 heterocycles. The normalized spacial score (nSPS) is 14.6. The molecule has 1 aromatic carbocycles. The van der Waals surface area contributed by atoms with E-state index in [1.54, 1.807) is 13.0 Å². The molecule has 9 heteroatoms. The van der Waals surface area contributed by atoms with Gasteiger partial charge in [0, 0.05) is 24.7 Å². The molecule has 1 aliphatic rings. The van der Waals surface area contributed by atoms with Gasteiger partial charge in [-0.1, -0.05) is 6.07 Å². The number of ether oxygens (including phenoxy) is 1. The summed E-state index contributed by atoms with van der Waals surface area (Å²) in [5.74, 6) is 1.23. The second kappa shape index (κ2) is 9.11. The van der Waals surface area contributed by atoms with Crippen LogP contribution in [0.1, 0.15) is 41.0 Å². The molecule has 1 saturated heterocycles. The maximum atomic E-state index is 12.8. The van der Waals surface area contributed by atoms with Crippen molar-refractivity contribution in [1.82, 2.24) is 15.3 Å². The number of aromatic nitrogens is 2. The third-order valence-corrected chi connectivity index (χ3v) is 4.57. The van der Waals surface area contributed by atoms with Gasteiger partial charge in [0.05, 0.1) is 12.1 Å². The summed E-state index contributed by atoms with van der Waals surface area (Å²) in [7, 11) is 0. The zero-order valence-electron chi connectivity index (χ0n) is 16.1. The van der Waals surface area contributed by atoms with E-state index in [1.807, 2.05) is 0 Å². The van der Waals surface area contributed by atoms with E-state index in [1.165, 1.54) is 18.6 Å². The first-order valence-corrected chi connectivity index (χ1v) is 9.52. The number of carbonyl (C=O) groups excluding carboxylic acids is 1. The highest BCUT2D eigenvalue weighted by Gasteiger charge is 2.30. The lowest BCUT2D eigenvalue weighted by molar-refractivity contribution is -0.137. The van der Waals surface area contributed by atoms with Gasteiger partial charge in [0.15, 0.2) is 0 Å².